The molecule has 1 aromatic rings. The molecule has 1 aliphatic carbocycles. The van der Waals surface area contributed by atoms with Gasteiger partial charge in [-0.25, -0.2) is 0 Å². The molecule has 3 atom stereocenters. The molecule has 3 fully saturated rings. The number of hydrogen-bond donors (Lipinski definition) is 1. The maximum atomic E-state index is 12.6. The third-order valence-electron chi connectivity index (χ3n) is 6.05. The predicted octanol–water partition coefficient (Wildman–Crippen LogP) is 1.75. The molecule has 3 heterocycles. The Bertz CT molecular complexity index is 660. The Labute approximate surface area is 154 Å². The van der Waals surface area contributed by atoms with E-state index in [0.717, 1.165) is 37.9 Å². The monoisotopic (exact) mass is 357 g/mol. The first-order valence-corrected chi connectivity index (χ1v) is 9.72. The van der Waals surface area contributed by atoms with Crippen LogP contribution in [-0.4, -0.2) is 47.0 Å². The molecular formula is C20H27N3O3. The van der Waals surface area contributed by atoms with Gasteiger partial charge in [-0.1, -0.05) is 13.0 Å². The highest BCUT2D eigenvalue weighted by Gasteiger charge is 2.44. The van der Waals surface area contributed by atoms with E-state index in [2.05, 4.69) is 17.2 Å². The van der Waals surface area contributed by atoms with Crippen LogP contribution >= 0.6 is 0 Å². The molecule has 2 amide bonds. The second kappa shape index (κ2) is 7.35. The Morgan fingerprint density at radius 2 is 2.15 bits per heavy atom. The molecule has 6 heteroatoms. The van der Waals surface area contributed by atoms with E-state index in [1.165, 1.54) is 0 Å². The van der Waals surface area contributed by atoms with Crippen LogP contribution in [0, 0.1) is 17.8 Å². The molecule has 1 N–H and O–H groups in total. The maximum Gasteiger partial charge on any atom is 0.249 e. The van der Waals surface area contributed by atoms with Crippen LogP contribution in [0.3, 0.4) is 0 Å². The second-order valence-electron chi connectivity index (χ2n) is 8.04. The van der Waals surface area contributed by atoms with Crippen molar-refractivity contribution < 1.29 is 14.3 Å². The lowest BCUT2D eigenvalue weighted by atomic mass is 9.75. The second-order valence-corrected chi connectivity index (χ2v) is 8.04. The van der Waals surface area contributed by atoms with Crippen molar-refractivity contribution in [2.75, 3.05) is 13.1 Å². The number of carbonyl (C=O) groups is 2. The van der Waals surface area contributed by atoms with E-state index in [9.17, 15) is 9.59 Å². The lowest BCUT2D eigenvalue weighted by Crippen LogP contribution is -2.49. The number of amides is 2. The van der Waals surface area contributed by atoms with E-state index in [1.807, 2.05) is 23.1 Å². The number of piperidine rings is 1. The van der Waals surface area contributed by atoms with E-state index >= 15 is 0 Å². The molecule has 26 heavy (non-hydrogen) atoms. The van der Waals surface area contributed by atoms with E-state index in [0.29, 0.717) is 24.9 Å². The van der Waals surface area contributed by atoms with Gasteiger partial charge < -0.3 is 15.0 Å². The average Bonchev–Trinajstić information content (AvgIpc) is 3.07. The first kappa shape index (κ1) is 17.5. The van der Waals surface area contributed by atoms with E-state index in [-0.39, 0.29) is 23.8 Å². The SMILES string of the molecule is CC1CC(C(=O)N2CC[C@H]3C[C@@H](C(=O)NCc4ccccn4)O[C@@H]3C2)C1. The largest absolute Gasteiger partial charge is 0.363 e. The number of carbonyl (C=O) groups excluding carboxylic acids is 2. The van der Waals surface area contributed by atoms with Crippen molar-refractivity contribution in [1.29, 1.82) is 0 Å². The Morgan fingerprint density at radius 1 is 1.31 bits per heavy atom. The minimum atomic E-state index is -0.410. The predicted molar refractivity (Wildman–Crippen MR) is 95.9 cm³/mol. The van der Waals surface area contributed by atoms with Crippen molar-refractivity contribution in [1.82, 2.24) is 15.2 Å². The number of rotatable bonds is 4. The molecule has 0 aromatic carbocycles. The molecule has 140 valence electrons. The lowest BCUT2D eigenvalue weighted by molar-refractivity contribution is -0.145. The molecule has 0 spiro atoms. The Hall–Kier alpha value is -1.95. The number of likely N-dealkylation sites (tertiary alicyclic amines) is 1. The topological polar surface area (TPSA) is 71.5 Å². The number of nitrogens with zero attached hydrogens (tertiary/aromatic N) is 2. The van der Waals surface area contributed by atoms with Gasteiger partial charge in [-0.3, -0.25) is 14.6 Å². The Balaban J connectivity index is 1.27. The molecule has 1 aromatic heterocycles. The van der Waals surface area contributed by atoms with Gasteiger partial charge in [0.2, 0.25) is 11.8 Å². The zero-order chi connectivity index (χ0) is 18.1. The van der Waals surface area contributed by atoms with Crippen molar-refractivity contribution in [2.24, 2.45) is 17.8 Å². The van der Waals surface area contributed by atoms with Gasteiger partial charge in [0, 0.05) is 25.2 Å². The summed E-state index contributed by atoms with van der Waals surface area (Å²) in [6.45, 7) is 4.05. The highest BCUT2D eigenvalue weighted by atomic mass is 16.5. The van der Waals surface area contributed by atoms with Gasteiger partial charge in [-0.2, -0.15) is 0 Å². The molecule has 4 rings (SSSR count). The van der Waals surface area contributed by atoms with E-state index in [4.69, 9.17) is 4.74 Å². The summed E-state index contributed by atoms with van der Waals surface area (Å²) in [5, 5.41) is 2.92. The molecular weight excluding hydrogens is 330 g/mol. The molecule has 0 unspecified atom stereocenters. The third kappa shape index (κ3) is 3.61. The molecule has 3 aliphatic rings. The molecule has 0 radical (unpaired) electrons. The van der Waals surface area contributed by atoms with Crippen LogP contribution in [0.4, 0.5) is 0 Å². The standard InChI is InChI=1S/C20H27N3O3/c1-13-8-15(9-13)20(25)23-7-5-14-10-17(26-18(14)12-23)19(24)22-11-16-4-2-3-6-21-16/h2-4,6,13-15,17-18H,5,7-12H2,1H3,(H,22,24)/t13?,14-,15?,17-,18+/m0/s1. The molecule has 6 nitrogen and oxygen atoms in total. The fourth-order valence-electron chi connectivity index (χ4n) is 4.46. The quantitative estimate of drug-likeness (QED) is 0.891. The molecule has 2 aliphatic heterocycles. The summed E-state index contributed by atoms with van der Waals surface area (Å²) in [5.74, 6) is 1.48. The van der Waals surface area contributed by atoms with Crippen LogP contribution in [0.1, 0.15) is 38.3 Å². The van der Waals surface area contributed by atoms with E-state index in [1.54, 1.807) is 6.20 Å². The van der Waals surface area contributed by atoms with Gasteiger partial charge in [0.15, 0.2) is 0 Å². The summed E-state index contributed by atoms with van der Waals surface area (Å²) in [7, 11) is 0. The fraction of sp³-hybridized carbons (Fsp3) is 0.650. The van der Waals surface area contributed by atoms with Crippen LogP contribution in [0.25, 0.3) is 0 Å². The summed E-state index contributed by atoms with van der Waals surface area (Å²) in [6, 6.07) is 5.65. The van der Waals surface area contributed by atoms with Crippen LogP contribution in [0.2, 0.25) is 0 Å². The van der Waals surface area contributed by atoms with Crippen molar-refractivity contribution in [3.63, 3.8) is 0 Å². The fourth-order valence-corrected chi connectivity index (χ4v) is 4.46. The zero-order valence-corrected chi connectivity index (χ0v) is 15.3. The van der Waals surface area contributed by atoms with Crippen molar-refractivity contribution >= 4 is 11.8 Å². The van der Waals surface area contributed by atoms with Crippen molar-refractivity contribution in [3.8, 4) is 0 Å². The maximum absolute atomic E-state index is 12.6. The zero-order valence-electron chi connectivity index (χ0n) is 15.3. The Morgan fingerprint density at radius 3 is 2.88 bits per heavy atom. The van der Waals surface area contributed by atoms with Gasteiger partial charge in [0.05, 0.1) is 18.3 Å². The summed E-state index contributed by atoms with van der Waals surface area (Å²) < 4.78 is 6.02. The molecule has 2 saturated heterocycles. The van der Waals surface area contributed by atoms with Crippen molar-refractivity contribution in [2.45, 2.75) is 51.4 Å². The summed E-state index contributed by atoms with van der Waals surface area (Å²) in [6.07, 6.45) is 5.02. The summed E-state index contributed by atoms with van der Waals surface area (Å²) >= 11 is 0. The first-order valence-electron chi connectivity index (χ1n) is 9.72. The number of aromatic nitrogens is 1. The lowest BCUT2D eigenvalue weighted by Gasteiger charge is -2.40. The number of ether oxygens (including phenoxy) is 1. The van der Waals surface area contributed by atoms with Gasteiger partial charge in [-0.05, 0) is 49.7 Å². The van der Waals surface area contributed by atoms with Crippen molar-refractivity contribution in [3.05, 3.63) is 30.1 Å². The van der Waals surface area contributed by atoms with Crippen LogP contribution in [0.5, 0.6) is 0 Å². The molecule has 1 saturated carbocycles. The highest BCUT2D eigenvalue weighted by Crippen LogP contribution is 2.37. The van der Waals surface area contributed by atoms with Gasteiger partial charge in [0.1, 0.15) is 6.10 Å². The molecule has 0 bridgehead atoms. The van der Waals surface area contributed by atoms with Gasteiger partial charge >= 0.3 is 0 Å². The van der Waals surface area contributed by atoms with Crippen LogP contribution < -0.4 is 5.32 Å². The minimum Gasteiger partial charge on any atom is -0.363 e. The van der Waals surface area contributed by atoms with Gasteiger partial charge in [-0.15, -0.1) is 0 Å². The smallest absolute Gasteiger partial charge is 0.249 e. The van der Waals surface area contributed by atoms with Crippen LogP contribution in [-0.2, 0) is 20.9 Å². The van der Waals surface area contributed by atoms with Crippen LogP contribution in [0.15, 0.2) is 24.4 Å². The van der Waals surface area contributed by atoms with Gasteiger partial charge in [0.25, 0.3) is 0 Å². The van der Waals surface area contributed by atoms with E-state index < -0.39 is 6.10 Å². The third-order valence-corrected chi connectivity index (χ3v) is 6.05. The average molecular weight is 357 g/mol. The summed E-state index contributed by atoms with van der Waals surface area (Å²) in [5.41, 5.74) is 0.836. The number of pyridine rings is 1. The first-order chi connectivity index (χ1) is 12.6. The number of hydrogen-bond acceptors (Lipinski definition) is 4. The normalized spacial score (nSPS) is 33.3. The highest BCUT2D eigenvalue weighted by molar-refractivity contribution is 5.81. The minimum absolute atomic E-state index is 0.00389. The number of fused-ring (bicyclic) bond motifs is 1. The number of nitrogens with one attached hydrogen (secondary N) is 1. The summed E-state index contributed by atoms with van der Waals surface area (Å²) in [4.78, 5) is 31.2. The Kier molecular flexibility index (Phi) is 4.94.